The van der Waals surface area contributed by atoms with Crippen LogP contribution in [0, 0.1) is 6.92 Å². The molecule has 0 saturated heterocycles. The Morgan fingerprint density at radius 2 is 2.25 bits per heavy atom. The second-order valence-corrected chi connectivity index (χ2v) is 5.57. The highest BCUT2D eigenvalue weighted by Crippen LogP contribution is 2.29. The minimum atomic E-state index is -0.0970. The van der Waals surface area contributed by atoms with E-state index in [-0.39, 0.29) is 5.41 Å². The highest BCUT2D eigenvalue weighted by atomic mass is 32.1. The number of nitrogens with one attached hydrogen (secondary N) is 1. The van der Waals surface area contributed by atoms with Crippen LogP contribution >= 0.6 is 11.3 Å². The minimum Gasteiger partial charge on any atom is -0.345 e. The summed E-state index contributed by atoms with van der Waals surface area (Å²) in [5.41, 5.74) is 7.82. The second-order valence-electron chi connectivity index (χ2n) is 4.62. The molecule has 0 aliphatic heterocycles. The molecule has 0 radical (unpaired) electrons. The Bertz CT molecular complexity index is 468. The third kappa shape index (κ3) is 1.90. The molecular formula is C12H17N3S. The maximum atomic E-state index is 5.76. The molecule has 0 amide bonds. The molecule has 86 valence electrons. The monoisotopic (exact) mass is 235 g/mol. The zero-order valence-corrected chi connectivity index (χ0v) is 10.7. The summed E-state index contributed by atoms with van der Waals surface area (Å²) in [4.78, 5) is 9.21. The molecule has 16 heavy (non-hydrogen) atoms. The molecule has 0 fully saturated rings. The highest BCUT2D eigenvalue weighted by molar-refractivity contribution is 7.13. The van der Waals surface area contributed by atoms with Crippen LogP contribution in [0.1, 0.15) is 25.4 Å². The molecular weight excluding hydrogens is 218 g/mol. The first-order valence-corrected chi connectivity index (χ1v) is 6.23. The van der Waals surface area contributed by atoms with Gasteiger partial charge in [0, 0.05) is 17.7 Å². The molecule has 0 aliphatic rings. The molecule has 2 rings (SSSR count). The van der Waals surface area contributed by atoms with Gasteiger partial charge in [-0.25, -0.2) is 4.98 Å². The number of hydrogen-bond donors (Lipinski definition) is 2. The number of imidazole rings is 1. The number of aromatic amines is 1. The van der Waals surface area contributed by atoms with Crippen LogP contribution in [0.15, 0.2) is 17.5 Å². The van der Waals surface area contributed by atoms with Crippen LogP contribution in [0.3, 0.4) is 0 Å². The number of hydrogen-bond acceptors (Lipinski definition) is 3. The van der Waals surface area contributed by atoms with Crippen LogP contribution in [0.25, 0.3) is 10.6 Å². The van der Waals surface area contributed by atoms with Gasteiger partial charge < -0.3 is 10.7 Å². The molecule has 0 saturated carbocycles. The molecule has 0 atom stereocenters. The number of nitrogens with two attached hydrogens (primary N) is 1. The zero-order valence-electron chi connectivity index (χ0n) is 9.87. The van der Waals surface area contributed by atoms with Gasteiger partial charge in [-0.2, -0.15) is 0 Å². The van der Waals surface area contributed by atoms with Crippen molar-refractivity contribution < 1.29 is 0 Å². The minimum absolute atomic E-state index is 0.0970. The predicted octanol–water partition coefficient (Wildman–Crippen LogP) is 2.68. The average Bonchev–Trinajstić information content (AvgIpc) is 2.86. The van der Waals surface area contributed by atoms with Gasteiger partial charge in [0.2, 0.25) is 0 Å². The molecule has 0 spiro atoms. The number of nitrogens with zero attached hydrogens (tertiary/aromatic N) is 1. The lowest BCUT2D eigenvalue weighted by atomic mass is 9.93. The first-order chi connectivity index (χ1) is 7.54. The number of rotatable bonds is 3. The number of thiophene rings is 1. The van der Waals surface area contributed by atoms with Gasteiger partial charge in [-0.05, 0) is 18.4 Å². The Morgan fingerprint density at radius 1 is 1.50 bits per heavy atom. The Labute approximate surface area is 99.7 Å². The summed E-state index contributed by atoms with van der Waals surface area (Å²) in [7, 11) is 0. The molecule has 2 aromatic heterocycles. The van der Waals surface area contributed by atoms with E-state index in [1.165, 1.54) is 4.88 Å². The van der Waals surface area contributed by atoms with E-state index in [0.717, 1.165) is 17.2 Å². The lowest BCUT2D eigenvalue weighted by Crippen LogP contribution is -2.29. The lowest BCUT2D eigenvalue weighted by Gasteiger charge is -2.18. The quantitative estimate of drug-likeness (QED) is 0.859. The van der Waals surface area contributed by atoms with E-state index in [0.29, 0.717) is 6.54 Å². The zero-order chi connectivity index (χ0) is 11.8. The number of aromatic nitrogens is 2. The molecule has 0 aliphatic carbocycles. The summed E-state index contributed by atoms with van der Waals surface area (Å²) in [6.45, 7) is 6.84. The lowest BCUT2D eigenvalue weighted by molar-refractivity contribution is 0.507. The Morgan fingerprint density at radius 3 is 2.81 bits per heavy atom. The van der Waals surface area contributed by atoms with Crippen molar-refractivity contribution in [2.45, 2.75) is 26.2 Å². The van der Waals surface area contributed by atoms with Crippen LogP contribution in [0.2, 0.25) is 0 Å². The Balaban J connectivity index is 2.44. The first kappa shape index (κ1) is 11.4. The average molecular weight is 235 g/mol. The largest absolute Gasteiger partial charge is 0.345 e. The Hall–Kier alpha value is -1.13. The van der Waals surface area contributed by atoms with Crippen LogP contribution in [0.5, 0.6) is 0 Å². The van der Waals surface area contributed by atoms with Gasteiger partial charge in [-0.3, -0.25) is 0 Å². The topological polar surface area (TPSA) is 54.7 Å². The van der Waals surface area contributed by atoms with E-state index in [1.54, 1.807) is 11.3 Å². The molecule has 0 bridgehead atoms. The van der Waals surface area contributed by atoms with E-state index in [9.17, 15) is 0 Å². The molecule has 0 unspecified atom stereocenters. The van der Waals surface area contributed by atoms with Crippen molar-refractivity contribution >= 4 is 11.3 Å². The van der Waals surface area contributed by atoms with Crippen molar-refractivity contribution in [2.75, 3.05) is 6.54 Å². The SMILES string of the molecule is Cc1[nH]c(C(C)(C)CN)nc1-c1cccs1. The van der Waals surface area contributed by atoms with Crippen molar-refractivity contribution in [3.63, 3.8) is 0 Å². The standard InChI is InChI=1S/C12H17N3S/c1-8-10(9-5-4-6-16-9)15-11(14-8)12(2,3)7-13/h4-6H,7,13H2,1-3H3,(H,14,15). The van der Waals surface area contributed by atoms with Crippen molar-refractivity contribution in [3.8, 4) is 10.6 Å². The maximum Gasteiger partial charge on any atom is 0.113 e. The molecule has 0 aromatic carbocycles. The Kier molecular flexibility index (Phi) is 2.86. The molecule has 4 heteroatoms. The van der Waals surface area contributed by atoms with Gasteiger partial charge in [0.1, 0.15) is 11.5 Å². The fraction of sp³-hybridized carbons (Fsp3) is 0.417. The van der Waals surface area contributed by atoms with Crippen molar-refractivity contribution in [2.24, 2.45) is 5.73 Å². The van der Waals surface area contributed by atoms with Crippen LogP contribution in [-0.2, 0) is 5.41 Å². The molecule has 3 N–H and O–H groups in total. The van der Waals surface area contributed by atoms with E-state index in [2.05, 4.69) is 42.2 Å². The summed E-state index contributed by atoms with van der Waals surface area (Å²) >= 11 is 1.71. The van der Waals surface area contributed by atoms with Gasteiger partial charge in [0.15, 0.2) is 0 Å². The van der Waals surface area contributed by atoms with E-state index >= 15 is 0 Å². The molecule has 2 heterocycles. The van der Waals surface area contributed by atoms with Crippen LogP contribution in [-0.4, -0.2) is 16.5 Å². The van der Waals surface area contributed by atoms with Crippen LogP contribution in [0.4, 0.5) is 0 Å². The van der Waals surface area contributed by atoms with Gasteiger partial charge in [0.05, 0.1) is 4.88 Å². The second kappa shape index (κ2) is 4.03. The van der Waals surface area contributed by atoms with Crippen molar-refractivity contribution in [1.82, 2.24) is 9.97 Å². The summed E-state index contributed by atoms with van der Waals surface area (Å²) in [6.07, 6.45) is 0. The normalized spacial score (nSPS) is 12.0. The van der Waals surface area contributed by atoms with Crippen molar-refractivity contribution in [3.05, 3.63) is 29.0 Å². The molecule has 2 aromatic rings. The fourth-order valence-electron chi connectivity index (χ4n) is 1.53. The van der Waals surface area contributed by atoms with Gasteiger partial charge in [-0.1, -0.05) is 19.9 Å². The highest BCUT2D eigenvalue weighted by Gasteiger charge is 2.24. The summed E-state index contributed by atoms with van der Waals surface area (Å²) < 4.78 is 0. The third-order valence-corrected chi connectivity index (χ3v) is 3.67. The number of aryl methyl sites for hydroxylation is 1. The van der Waals surface area contributed by atoms with Gasteiger partial charge >= 0.3 is 0 Å². The maximum absolute atomic E-state index is 5.76. The van der Waals surface area contributed by atoms with Gasteiger partial charge in [-0.15, -0.1) is 11.3 Å². The number of H-pyrrole nitrogens is 1. The third-order valence-electron chi connectivity index (χ3n) is 2.79. The van der Waals surface area contributed by atoms with Crippen molar-refractivity contribution in [1.29, 1.82) is 0 Å². The van der Waals surface area contributed by atoms with Gasteiger partial charge in [0.25, 0.3) is 0 Å². The van der Waals surface area contributed by atoms with Crippen LogP contribution < -0.4 is 5.73 Å². The predicted molar refractivity (Wildman–Crippen MR) is 68.7 cm³/mol. The van der Waals surface area contributed by atoms with E-state index in [1.807, 2.05) is 6.07 Å². The summed E-state index contributed by atoms with van der Waals surface area (Å²) in [5.74, 6) is 0.968. The smallest absolute Gasteiger partial charge is 0.113 e. The first-order valence-electron chi connectivity index (χ1n) is 5.35. The summed E-state index contributed by atoms with van der Waals surface area (Å²) in [5, 5.41) is 2.07. The molecule has 3 nitrogen and oxygen atoms in total. The fourth-order valence-corrected chi connectivity index (χ4v) is 2.30. The van der Waals surface area contributed by atoms with E-state index in [4.69, 9.17) is 5.73 Å². The van der Waals surface area contributed by atoms with E-state index < -0.39 is 0 Å². The summed E-state index contributed by atoms with van der Waals surface area (Å²) in [6, 6.07) is 4.13.